The second kappa shape index (κ2) is 13.5. The van der Waals surface area contributed by atoms with Crippen LogP contribution in [0.5, 0.6) is 11.5 Å². The summed E-state index contributed by atoms with van der Waals surface area (Å²) in [6, 6.07) is 27.5. The van der Waals surface area contributed by atoms with Crippen LogP contribution < -0.4 is 14.4 Å². The minimum Gasteiger partial charge on any atom is -0.503 e. The zero-order chi connectivity index (χ0) is 33.2. The number of fused-ring (bicyclic) bond motifs is 2. The number of ether oxygens (including phenoxy) is 2. The molecular formula is C37H31N3O6S2. The number of aliphatic hydroxyl groups excluding tert-OH is 1. The van der Waals surface area contributed by atoms with Crippen LogP contribution in [0.4, 0.5) is 5.13 Å². The van der Waals surface area contributed by atoms with E-state index < -0.39 is 23.5 Å². The molecule has 0 spiro atoms. The summed E-state index contributed by atoms with van der Waals surface area (Å²) in [7, 11) is 1.52. The third-order valence-corrected chi connectivity index (χ3v) is 10.3. The van der Waals surface area contributed by atoms with Gasteiger partial charge in [0.25, 0.3) is 5.91 Å². The van der Waals surface area contributed by atoms with Crippen molar-refractivity contribution in [2.45, 2.75) is 35.9 Å². The largest absolute Gasteiger partial charge is 0.503 e. The zero-order valence-corrected chi connectivity index (χ0v) is 27.8. The van der Waals surface area contributed by atoms with Gasteiger partial charge >= 0.3 is 0 Å². The molecule has 0 saturated carbocycles. The molecule has 1 atom stereocenters. The van der Waals surface area contributed by atoms with Gasteiger partial charge in [0.15, 0.2) is 27.2 Å². The Bertz CT molecular complexity index is 2180. The highest BCUT2D eigenvalue weighted by Crippen LogP contribution is 2.45. The summed E-state index contributed by atoms with van der Waals surface area (Å²) in [4.78, 5) is 29.4. The smallest absolute Gasteiger partial charge is 0.296 e. The fourth-order valence-corrected chi connectivity index (χ4v) is 7.69. The van der Waals surface area contributed by atoms with Crippen LogP contribution in [0.2, 0.25) is 0 Å². The van der Waals surface area contributed by atoms with Gasteiger partial charge in [-0.25, -0.2) is 0 Å². The standard InChI is InChI=1S/C37H31N3O6S2/c1-3-4-18-45-26-15-8-12-23(19-26)31-30(32(41)29-20-24-13-9-17-28(44-2)34(24)46-29)33(42)35(43)40(31)36-38-39-37(48-36)47-21-25-14-7-11-22-10-5-6-16-27(22)25/h5-17,19-20,31,42H,3-4,18,21H2,1-2H3. The number of aliphatic hydroxyl groups is 1. The number of rotatable bonds is 12. The van der Waals surface area contributed by atoms with Crippen molar-refractivity contribution in [2.24, 2.45) is 0 Å². The van der Waals surface area contributed by atoms with Gasteiger partial charge in [-0.15, -0.1) is 10.2 Å². The van der Waals surface area contributed by atoms with Gasteiger partial charge in [-0.05, 0) is 52.6 Å². The normalized spacial score (nSPS) is 14.8. The number of methoxy groups -OCH3 is 1. The molecule has 1 unspecified atom stereocenters. The number of thioether (sulfide) groups is 1. The summed E-state index contributed by atoms with van der Waals surface area (Å²) in [6.45, 7) is 2.60. The van der Waals surface area contributed by atoms with E-state index in [2.05, 4.69) is 41.4 Å². The van der Waals surface area contributed by atoms with Crippen molar-refractivity contribution >= 4 is 61.7 Å². The van der Waals surface area contributed by atoms with Crippen molar-refractivity contribution in [1.29, 1.82) is 0 Å². The second-order valence-corrected chi connectivity index (χ2v) is 13.4. The van der Waals surface area contributed by atoms with E-state index in [1.54, 1.807) is 42.5 Å². The number of hydrogen-bond donors (Lipinski definition) is 1. The fourth-order valence-electron chi connectivity index (χ4n) is 5.82. The third-order valence-electron chi connectivity index (χ3n) is 8.18. The molecule has 3 heterocycles. The molecule has 6 aromatic rings. The first-order chi connectivity index (χ1) is 23.5. The van der Waals surface area contributed by atoms with Gasteiger partial charge in [0.1, 0.15) is 5.75 Å². The van der Waals surface area contributed by atoms with Crippen LogP contribution in [0.25, 0.3) is 21.7 Å². The average Bonchev–Trinajstić information content (AvgIpc) is 3.83. The Morgan fingerprint density at radius 1 is 1.00 bits per heavy atom. The molecule has 0 saturated heterocycles. The van der Waals surface area contributed by atoms with Crippen LogP contribution >= 0.6 is 23.1 Å². The first-order valence-corrected chi connectivity index (χ1v) is 17.3. The molecule has 0 aliphatic carbocycles. The van der Waals surface area contributed by atoms with Gasteiger partial charge in [0, 0.05) is 11.1 Å². The molecule has 1 aliphatic rings. The number of ketones is 1. The number of hydrogen-bond acceptors (Lipinski definition) is 10. The summed E-state index contributed by atoms with van der Waals surface area (Å²) in [5.41, 5.74) is 1.99. The number of benzene rings is 4. The summed E-state index contributed by atoms with van der Waals surface area (Å²) < 4.78 is 18.0. The first kappa shape index (κ1) is 31.5. The Balaban J connectivity index is 1.24. The Hall–Kier alpha value is -5.13. The van der Waals surface area contributed by atoms with Crippen molar-refractivity contribution in [3.8, 4) is 11.5 Å². The van der Waals surface area contributed by atoms with E-state index in [0.717, 1.165) is 29.2 Å². The molecule has 1 amide bonds. The van der Waals surface area contributed by atoms with Crippen molar-refractivity contribution < 1.29 is 28.6 Å². The van der Waals surface area contributed by atoms with Gasteiger partial charge in [-0.2, -0.15) is 0 Å². The summed E-state index contributed by atoms with van der Waals surface area (Å²) >= 11 is 2.73. The van der Waals surface area contributed by atoms with E-state index in [1.807, 2.05) is 24.3 Å². The van der Waals surface area contributed by atoms with Crippen LogP contribution in [0, 0.1) is 0 Å². The molecule has 2 aromatic heterocycles. The van der Waals surface area contributed by atoms with Crippen LogP contribution in [0.15, 0.2) is 111 Å². The molecule has 48 heavy (non-hydrogen) atoms. The Morgan fingerprint density at radius 2 is 1.79 bits per heavy atom. The topological polar surface area (TPSA) is 115 Å². The molecule has 9 nitrogen and oxygen atoms in total. The van der Waals surface area contributed by atoms with Gasteiger partial charge in [-0.1, -0.05) is 103 Å². The number of carbonyl (C=O) groups excluding carboxylic acids is 2. The maximum atomic E-state index is 14.2. The average molecular weight is 678 g/mol. The molecule has 1 N–H and O–H groups in total. The lowest BCUT2D eigenvalue weighted by atomic mass is 9.95. The molecule has 0 bridgehead atoms. The molecule has 0 fully saturated rings. The number of furan rings is 1. The summed E-state index contributed by atoms with van der Waals surface area (Å²) in [5, 5.41) is 23.3. The van der Waals surface area contributed by atoms with E-state index in [4.69, 9.17) is 13.9 Å². The minimum atomic E-state index is -1.02. The Morgan fingerprint density at radius 3 is 2.65 bits per heavy atom. The first-order valence-electron chi connectivity index (χ1n) is 15.5. The lowest BCUT2D eigenvalue weighted by molar-refractivity contribution is -0.117. The molecule has 0 radical (unpaired) electrons. The predicted molar refractivity (Wildman–Crippen MR) is 187 cm³/mol. The number of Topliss-reactive ketones (excluding diaryl/α,β-unsaturated/α-hetero) is 1. The monoisotopic (exact) mass is 677 g/mol. The van der Waals surface area contributed by atoms with Gasteiger partial charge < -0.3 is 19.0 Å². The van der Waals surface area contributed by atoms with E-state index in [1.165, 1.54) is 35.1 Å². The number of para-hydroxylation sites is 1. The van der Waals surface area contributed by atoms with Gasteiger partial charge in [0.2, 0.25) is 10.9 Å². The second-order valence-electron chi connectivity index (χ2n) is 11.2. The Labute approximate surface area is 284 Å². The lowest BCUT2D eigenvalue weighted by Gasteiger charge is -2.24. The van der Waals surface area contributed by atoms with Crippen LogP contribution in [0.3, 0.4) is 0 Å². The molecule has 11 heteroatoms. The fraction of sp³-hybridized carbons (Fsp3) is 0.189. The number of carbonyl (C=O) groups is 2. The van der Waals surface area contributed by atoms with Crippen LogP contribution in [0.1, 0.15) is 47.5 Å². The van der Waals surface area contributed by atoms with E-state index in [0.29, 0.717) is 44.7 Å². The van der Waals surface area contributed by atoms with E-state index in [9.17, 15) is 14.7 Å². The van der Waals surface area contributed by atoms with Crippen LogP contribution in [-0.4, -0.2) is 40.7 Å². The molecular weight excluding hydrogens is 647 g/mol. The van der Waals surface area contributed by atoms with Crippen molar-refractivity contribution in [3.63, 3.8) is 0 Å². The van der Waals surface area contributed by atoms with Crippen molar-refractivity contribution in [1.82, 2.24) is 10.2 Å². The molecule has 242 valence electrons. The quantitative estimate of drug-likeness (QED) is 0.0588. The summed E-state index contributed by atoms with van der Waals surface area (Å²) in [5.74, 6) is -0.388. The van der Waals surface area contributed by atoms with E-state index in [-0.39, 0.29) is 16.5 Å². The highest BCUT2D eigenvalue weighted by molar-refractivity contribution is 8.00. The van der Waals surface area contributed by atoms with Crippen LogP contribution in [-0.2, 0) is 10.5 Å². The molecule has 7 rings (SSSR count). The van der Waals surface area contributed by atoms with Crippen molar-refractivity contribution in [2.75, 3.05) is 18.6 Å². The van der Waals surface area contributed by atoms with Crippen molar-refractivity contribution in [3.05, 3.63) is 119 Å². The maximum Gasteiger partial charge on any atom is 0.296 e. The third kappa shape index (κ3) is 5.91. The number of unbranched alkanes of at least 4 members (excludes halogenated alkanes) is 1. The SMILES string of the molecule is CCCCOc1cccc(C2C(C(=O)c3cc4cccc(OC)c4o3)=C(O)C(=O)N2c2nnc(SCc3cccc4ccccc34)s2)c1. The highest BCUT2D eigenvalue weighted by Gasteiger charge is 2.47. The minimum absolute atomic E-state index is 0.0327. The number of aromatic nitrogens is 2. The Kier molecular flexibility index (Phi) is 8.88. The van der Waals surface area contributed by atoms with Gasteiger partial charge in [-0.3, -0.25) is 14.5 Å². The van der Waals surface area contributed by atoms with Gasteiger partial charge in [0.05, 0.1) is 25.3 Å². The lowest BCUT2D eigenvalue weighted by Crippen LogP contribution is -2.31. The number of nitrogens with zero attached hydrogens (tertiary/aromatic N) is 3. The summed E-state index contributed by atoms with van der Waals surface area (Å²) in [6.07, 6.45) is 1.85. The maximum absolute atomic E-state index is 14.2. The highest BCUT2D eigenvalue weighted by atomic mass is 32.2. The predicted octanol–water partition coefficient (Wildman–Crippen LogP) is 8.70. The zero-order valence-electron chi connectivity index (χ0n) is 26.2. The molecule has 4 aromatic carbocycles. The molecule has 1 aliphatic heterocycles. The number of anilines is 1. The number of amides is 1. The van der Waals surface area contributed by atoms with E-state index >= 15 is 0 Å².